The quantitative estimate of drug-likeness (QED) is 0.238. The number of ether oxygens (including phenoxy) is 2. The lowest BCUT2D eigenvalue weighted by atomic mass is 9.59. The van der Waals surface area contributed by atoms with E-state index >= 15 is 0 Å². The molecule has 1 aromatic heterocycles. The lowest BCUT2D eigenvalue weighted by Crippen LogP contribution is -2.63. The Hall–Kier alpha value is -3.79. The molecule has 1 saturated carbocycles. The summed E-state index contributed by atoms with van der Waals surface area (Å²) in [6.07, 6.45) is 1.61. The van der Waals surface area contributed by atoms with Crippen molar-refractivity contribution in [2.24, 2.45) is 11.8 Å². The number of alkyl halides is 3. The van der Waals surface area contributed by atoms with Crippen molar-refractivity contribution in [3.05, 3.63) is 82.1 Å². The average molecular weight is 699 g/mol. The molecular formula is C38H42ClF3N2O5. The molecule has 1 spiro atoms. The van der Waals surface area contributed by atoms with Gasteiger partial charge in [-0.3, -0.25) is 14.7 Å². The normalized spacial score (nSPS) is 25.3. The molecule has 3 aromatic rings. The maximum absolute atomic E-state index is 14.2. The van der Waals surface area contributed by atoms with Crippen molar-refractivity contribution >= 4 is 29.2 Å². The van der Waals surface area contributed by atoms with E-state index in [9.17, 15) is 27.9 Å². The fraction of sp³-hybridized carbons (Fsp3) is 0.500. The number of pyridine rings is 1. The van der Waals surface area contributed by atoms with Crippen molar-refractivity contribution < 1.29 is 37.3 Å². The highest BCUT2D eigenvalue weighted by atomic mass is 35.5. The molecule has 0 unspecified atom stereocenters. The van der Waals surface area contributed by atoms with Crippen LogP contribution in [0.15, 0.2) is 54.7 Å². The van der Waals surface area contributed by atoms with Gasteiger partial charge in [-0.15, -0.1) is 0 Å². The first-order chi connectivity index (χ1) is 23.3. The number of phenolic OH excluding ortho intramolecular Hbond substituents is 1. The van der Waals surface area contributed by atoms with Crippen molar-refractivity contribution in [1.29, 1.82) is 0 Å². The minimum atomic E-state index is -5.26. The number of anilines is 1. The Kier molecular flexibility index (Phi) is 9.65. The van der Waals surface area contributed by atoms with Crippen LogP contribution in [0.25, 0.3) is 0 Å². The van der Waals surface area contributed by atoms with Crippen LogP contribution in [0.5, 0.6) is 11.5 Å². The largest absolute Gasteiger partial charge is 0.508 e. The number of aromatic nitrogens is 1. The van der Waals surface area contributed by atoms with E-state index < -0.39 is 29.0 Å². The van der Waals surface area contributed by atoms with E-state index in [0.29, 0.717) is 36.7 Å². The zero-order chi connectivity index (χ0) is 35.1. The number of rotatable bonds is 8. The van der Waals surface area contributed by atoms with Crippen LogP contribution in [-0.4, -0.2) is 47.4 Å². The van der Waals surface area contributed by atoms with Crippen LogP contribution in [0, 0.1) is 11.8 Å². The van der Waals surface area contributed by atoms with Gasteiger partial charge in [0.2, 0.25) is 0 Å². The lowest BCUT2D eigenvalue weighted by Gasteiger charge is -2.51. The Labute approximate surface area is 289 Å². The monoisotopic (exact) mass is 698 g/mol. The Morgan fingerprint density at radius 1 is 1.12 bits per heavy atom. The molecule has 3 aliphatic carbocycles. The van der Waals surface area contributed by atoms with Gasteiger partial charge in [0, 0.05) is 28.2 Å². The summed E-state index contributed by atoms with van der Waals surface area (Å²) in [6, 6.07) is 12.8. The van der Waals surface area contributed by atoms with Gasteiger partial charge in [0.15, 0.2) is 0 Å². The number of carbonyl (C=O) groups excluding carboxylic acids is 2. The minimum absolute atomic E-state index is 0.0572. The Bertz CT molecular complexity index is 1720. The molecule has 6 rings (SSSR count). The van der Waals surface area contributed by atoms with E-state index in [4.69, 9.17) is 21.1 Å². The summed E-state index contributed by atoms with van der Waals surface area (Å²) < 4.78 is 54.2. The second-order valence-corrected chi connectivity index (χ2v) is 14.6. The molecule has 262 valence electrons. The third-order valence-electron chi connectivity index (χ3n) is 11.1. The summed E-state index contributed by atoms with van der Waals surface area (Å²) in [5, 5.41) is 10.7. The Balaban J connectivity index is 1.30. The number of aromatic hydroxyl groups is 1. The molecule has 11 heteroatoms. The number of esters is 1. The number of nitrogens with zero attached hydrogens (tertiary/aromatic N) is 2. The molecular weight excluding hydrogens is 657 g/mol. The maximum atomic E-state index is 14.2. The summed E-state index contributed by atoms with van der Waals surface area (Å²) in [6.45, 7) is 4.82. The molecule has 0 bridgehead atoms. The Morgan fingerprint density at radius 2 is 1.88 bits per heavy atom. The van der Waals surface area contributed by atoms with Gasteiger partial charge in [0.1, 0.15) is 17.0 Å². The van der Waals surface area contributed by atoms with E-state index in [2.05, 4.69) is 18.8 Å². The van der Waals surface area contributed by atoms with Crippen molar-refractivity contribution in [3.63, 3.8) is 0 Å². The highest BCUT2D eigenvalue weighted by Gasteiger charge is 2.60. The molecule has 0 radical (unpaired) electrons. The molecule has 3 atom stereocenters. The number of methoxy groups -OCH3 is 1. The molecule has 0 saturated heterocycles. The molecule has 1 amide bonds. The van der Waals surface area contributed by atoms with E-state index in [-0.39, 0.29) is 41.1 Å². The summed E-state index contributed by atoms with van der Waals surface area (Å²) in [5.74, 6) is -1.55. The van der Waals surface area contributed by atoms with Gasteiger partial charge in [-0.2, -0.15) is 13.2 Å². The second kappa shape index (κ2) is 13.5. The van der Waals surface area contributed by atoms with Crippen LogP contribution in [0.2, 0.25) is 5.02 Å². The molecule has 2 aromatic carbocycles. The Morgan fingerprint density at radius 3 is 2.57 bits per heavy atom. The van der Waals surface area contributed by atoms with E-state index in [1.54, 1.807) is 18.3 Å². The number of hydrogen-bond donors (Lipinski definition) is 1. The van der Waals surface area contributed by atoms with Crippen LogP contribution in [0.3, 0.4) is 0 Å². The summed E-state index contributed by atoms with van der Waals surface area (Å²) in [7, 11) is 1.12. The second-order valence-electron chi connectivity index (χ2n) is 14.2. The van der Waals surface area contributed by atoms with Gasteiger partial charge < -0.3 is 14.6 Å². The molecule has 0 aliphatic heterocycles. The number of phenols is 1. The fourth-order valence-corrected chi connectivity index (χ4v) is 9.03. The zero-order valence-electron chi connectivity index (χ0n) is 28.0. The van der Waals surface area contributed by atoms with E-state index in [1.807, 2.05) is 12.1 Å². The highest BCUT2D eigenvalue weighted by Crippen LogP contribution is 2.58. The first kappa shape index (κ1) is 35.1. The van der Waals surface area contributed by atoms with Crippen LogP contribution >= 0.6 is 11.6 Å². The minimum Gasteiger partial charge on any atom is -0.508 e. The summed E-state index contributed by atoms with van der Waals surface area (Å²) in [5.41, 5.74) is 1.69. The van der Waals surface area contributed by atoms with Gasteiger partial charge in [-0.05, 0) is 128 Å². The lowest BCUT2D eigenvalue weighted by molar-refractivity contribution is -0.174. The van der Waals surface area contributed by atoms with Crippen LogP contribution in [0.1, 0.15) is 87.1 Å². The zero-order valence-corrected chi connectivity index (χ0v) is 28.7. The third-order valence-corrected chi connectivity index (χ3v) is 11.4. The molecule has 1 fully saturated rings. The number of carbonyl (C=O) groups is 2. The van der Waals surface area contributed by atoms with E-state index in [1.165, 1.54) is 29.8 Å². The first-order valence-corrected chi connectivity index (χ1v) is 17.3. The predicted octanol–water partition coefficient (Wildman–Crippen LogP) is 8.48. The van der Waals surface area contributed by atoms with Gasteiger partial charge in [-0.1, -0.05) is 37.6 Å². The topological polar surface area (TPSA) is 89.0 Å². The standard InChI is InChI=1S/C38H42ClF3N2O5/c1-23(22-49-32-12-17-43-31-9-4-6-24(2)33(31)32)18-26-19-25-10-11-29(45)21-30(25)36(26)13-15-37(16-14-36,35(47)48-3)44(34(46)38(40,41)42)28-8-5-7-27(39)20-28/h5,7-8,10-12,17,20-21,23-24,26,45H,4,6,9,13-16,18-19,22H2,1-3H3/t23-,24+,26+,36?,37?/m1/s1. The number of benzene rings is 2. The number of aryl methyl sites for hydroxylation is 1. The molecule has 3 aliphatic rings. The van der Waals surface area contributed by atoms with Gasteiger partial charge in [0.05, 0.1) is 13.7 Å². The molecule has 1 heterocycles. The van der Waals surface area contributed by atoms with Gasteiger partial charge >= 0.3 is 18.1 Å². The van der Waals surface area contributed by atoms with Crippen molar-refractivity contribution in [2.45, 2.75) is 94.7 Å². The van der Waals surface area contributed by atoms with Gasteiger partial charge in [0.25, 0.3) is 0 Å². The maximum Gasteiger partial charge on any atom is 0.471 e. The van der Waals surface area contributed by atoms with Crippen LogP contribution in [0.4, 0.5) is 18.9 Å². The fourth-order valence-electron chi connectivity index (χ4n) is 8.85. The summed E-state index contributed by atoms with van der Waals surface area (Å²) in [4.78, 5) is 32.0. The summed E-state index contributed by atoms with van der Waals surface area (Å²) >= 11 is 6.18. The molecule has 7 nitrogen and oxygen atoms in total. The SMILES string of the molecule is COC(=O)C1(N(C(=O)C(F)(F)F)c2cccc(Cl)c2)CCC2(CC1)c1cc(O)ccc1C[C@@H]2C[C@@H](C)COc1ccnc2c1[C@@H](C)CCC2. The molecule has 1 N–H and O–H groups in total. The van der Waals surface area contributed by atoms with Crippen molar-refractivity contribution in [1.82, 2.24) is 4.98 Å². The number of halogens is 4. The van der Waals surface area contributed by atoms with Crippen molar-refractivity contribution in [2.75, 3.05) is 18.6 Å². The highest BCUT2D eigenvalue weighted by molar-refractivity contribution is 6.31. The van der Waals surface area contributed by atoms with Gasteiger partial charge in [-0.25, -0.2) is 4.79 Å². The first-order valence-electron chi connectivity index (χ1n) is 17.0. The number of hydrogen-bond acceptors (Lipinski definition) is 6. The van der Waals surface area contributed by atoms with E-state index in [0.717, 1.165) is 55.4 Å². The average Bonchev–Trinajstić information content (AvgIpc) is 3.35. The van der Waals surface area contributed by atoms with Crippen LogP contribution < -0.4 is 9.64 Å². The van der Waals surface area contributed by atoms with Crippen molar-refractivity contribution in [3.8, 4) is 11.5 Å². The number of amides is 1. The molecule has 49 heavy (non-hydrogen) atoms. The number of fused-ring (bicyclic) bond motifs is 3. The van der Waals surface area contributed by atoms with Crippen LogP contribution in [-0.2, 0) is 32.6 Å². The predicted molar refractivity (Wildman–Crippen MR) is 180 cm³/mol. The smallest absolute Gasteiger partial charge is 0.471 e. The third kappa shape index (κ3) is 6.48.